The van der Waals surface area contributed by atoms with E-state index in [1.807, 2.05) is 5.48 Å². The van der Waals surface area contributed by atoms with E-state index >= 15 is 0 Å². The number of hydrogen-bond acceptors (Lipinski definition) is 12. The number of aliphatic hydroxyl groups excluding tert-OH is 1. The SMILES string of the molecule is C#CCONC(=O)O[C@H]1[C@@H](O)[C@H](Oc2ccc3c(O)c(/C(C)=N/OC)c(=O)oc3c2C)O[C@@](C)(CC=C)[C@@H]1OC. The molecule has 13 heteroatoms. The number of hydrogen-bond donors (Lipinski definition) is 3. The number of oxime groups is 1. The number of aryl methyl sites for hydroxylation is 1. The Morgan fingerprint density at radius 2 is 2.10 bits per heavy atom. The Balaban J connectivity index is 1.99. The zero-order valence-electron chi connectivity index (χ0n) is 22.8. The Morgan fingerprint density at radius 3 is 2.73 bits per heavy atom. The summed E-state index contributed by atoms with van der Waals surface area (Å²) in [5.74, 6) is 2.00. The quantitative estimate of drug-likeness (QED) is 0.0974. The van der Waals surface area contributed by atoms with Crippen LogP contribution in [0.3, 0.4) is 0 Å². The first-order valence-electron chi connectivity index (χ1n) is 12.1. The molecular weight excluding hydrogens is 528 g/mol. The van der Waals surface area contributed by atoms with Crippen molar-refractivity contribution < 1.29 is 48.0 Å². The minimum atomic E-state index is -1.55. The van der Waals surface area contributed by atoms with E-state index in [0.717, 1.165) is 0 Å². The molecule has 1 aliphatic heterocycles. The van der Waals surface area contributed by atoms with Gasteiger partial charge in [-0.1, -0.05) is 17.2 Å². The van der Waals surface area contributed by atoms with E-state index in [4.69, 9.17) is 39.5 Å². The number of aromatic hydroxyl groups is 1. The Bertz CT molecular complexity index is 1380. The van der Waals surface area contributed by atoms with Crippen molar-refractivity contribution in [3.63, 3.8) is 0 Å². The Kier molecular flexibility index (Phi) is 9.78. The molecule has 1 amide bonds. The molecule has 3 N–H and O–H groups in total. The highest BCUT2D eigenvalue weighted by atomic mass is 16.7. The van der Waals surface area contributed by atoms with Crippen molar-refractivity contribution in [3.05, 3.63) is 46.3 Å². The number of carbonyl (C=O) groups is 1. The van der Waals surface area contributed by atoms with Gasteiger partial charge in [-0.25, -0.2) is 9.59 Å². The Hall–Kier alpha value is -4.09. The molecule has 40 heavy (non-hydrogen) atoms. The van der Waals surface area contributed by atoms with Gasteiger partial charge in [0.25, 0.3) is 0 Å². The molecule has 0 radical (unpaired) electrons. The maximum atomic E-state index is 12.7. The minimum absolute atomic E-state index is 0.0423. The van der Waals surface area contributed by atoms with Crippen LogP contribution in [0.4, 0.5) is 4.79 Å². The molecule has 1 aliphatic rings. The van der Waals surface area contributed by atoms with Gasteiger partial charge >= 0.3 is 11.7 Å². The zero-order valence-corrected chi connectivity index (χ0v) is 22.8. The fourth-order valence-corrected chi connectivity index (χ4v) is 4.55. The zero-order chi connectivity index (χ0) is 29.6. The maximum Gasteiger partial charge on any atom is 0.431 e. The second kappa shape index (κ2) is 12.8. The summed E-state index contributed by atoms with van der Waals surface area (Å²) in [5, 5.41) is 25.9. The largest absolute Gasteiger partial charge is 0.506 e. The summed E-state index contributed by atoms with van der Waals surface area (Å²) in [5.41, 5.74) is 0.369. The first kappa shape index (κ1) is 30.5. The van der Waals surface area contributed by atoms with Crippen molar-refractivity contribution in [2.24, 2.45) is 5.16 Å². The van der Waals surface area contributed by atoms with Gasteiger partial charge in [-0.3, -0.25) is 4.84 Å². The smallest absolute Gasteiger partial charge is 0.431 e. The van der Waals surface area contributed by atoms with Crippen LogP contribution in [-0.4, -0.2) is 73.0 Å². The lowest BCUT2D eigenvalue weighted by Crippen LogP contribution is -2.66. The summed E-state index contributed by atoms with van der Waals surface area (Å²) in [7, 11) is 2.68. The van der Waals surface area contributed by atoms with E-state index in [9.17, 15) is 19.8 Å². The van der Waals surface area contributed by atoms with E-state index in [1.165, 1.54) is 33.3 Å². The average molecular weight is 561 g/mol. The van der Waals surface area contributed by atoms with Crippen molar-refractivity contribution in [2.45, 2.75) is 57.4 Å². The van der Waals surface area contributed by atoms with Gasteiger partial charge < -0.3 is 38.4 Å². The molecule has 0 spiro atoms. The van der Waals surface area contributed by atoms with Gasteiger partial charge in [0.1, 0.15) is 48.1 Å². The van der Waals surface area contributed by atoms with Crippen LogP contribution in [0.15, 0.2) is 39.2 Å². The number of benzene rings is 1. The van der Waals surface area contributed by atoms with Crippen LogP contribution in [-0.2, 0) is 23.9 Å². The standard InChI is InChI=1S/C27H32N2O11/c1-8-12-27(5)23(34-6)22(39-26(33)29-36-13-9-2)20(31)25(40-27)37-17-11-10-16-19(30)18(15(4)28-35-7)24(32)38-21(16)14(17)3/h2,8,10-11,20,22-23,25,30-31H,1,12-13H2,3-7H3,(H,29,33)/b28-15+/t20-,22+,23-,25-,27+/m1/s1. The lowest BCUT2D eigenvalue weighted by atomic mass is 9.85. The molecule has 0 bridgehead atoms. The van der Waals surface area contributed by atoms with Gasteiger partial charge in [-0.05, 0) is 39.3 Å². The van der Waals surface area contributed by atoms with Gasteiger partial charge in [-0.2, -0.15) is 5.48 Å². The summed E-state index contributed by atoms with van der Waals surface area (Å²) in [6, 6.07) is 2.98. The van der Waals surface area contributed by atoms with Crippen molar-refractivity contribution in [2.75, 3.05) is 20.8 Å². The molecule has 13 nitrogen and oxygen atoms in total. The topological polar surface area (TPSA) is 168 Å². The van der Waals surface area contributed by atoms with Crippen LogP contribution in [0.5, 0.6) is 11.5 Å². The average Bonchev–Trinajstić information content (AvgIpc) is 2.89. The van der Waals surface area contributed by atoms with Crippen LogP contribution < -0.4 is 15.8 Å². The van der Waals surface area contributed by atoms with E-state index in [2.05, 4.69) is 17.7 Å². The normalized spacial score (nSPS) is 24.7. The Labute approximate surface area is 230 Å². The minimum Gasteiger partial charge on any atom is -0.506 e. The molecule has 1 saturated heterocycles. The van der Waals surface area contributed by atoms with Crippen LogP contribution >= 0.6 is 0 Å². The number of rotatable bonds is 10. The number of nitrogens with one attached hydrogen (secondary N) is 1. The molecule has 1 fully saturated rings. The summed E-state index contributed by atoms with van der Waals surface area (Å²) in [6.07, 6.45) is 0.742. The number of fused-ring (bicyclic) bond motifs is 1. The number of amides is 1. The number of methoxy groups -OCH3 is 1. The summed E-state index contributed by atoms with van der Waals surface area (Å²) >= 11 is 0. The molecule has 2 aromatic rings. The van der Waals surface area contributed by atoms with Crippen molar-refractivity contribution in [1.82, 2.24) is 5.48 Å². The van der Waals surface area contributed by atoms with Crippen LogP contribution in [0.2, 0.25) is 0 Å². The number of nitrogens with zero attached hydrogens (tertiary/aromatic N) is 1. The van der Waals surface area contributed by atoms with Crippen LogP contribution in [0, 0.1) is 19.3 Å². The van der Waals surface area contributed by atoms with E-state index in [1.54, 1.807) is 19.9 Å². The summed E-state index contributed by atoms with van der Waals surface area (Å²) in [4.78, 5) is 34.5. The number of aliphatic hydroxyl groups is 1. The molecule has 5 atom stereocenters. The molecule has 0 unspecified atom stereocenters. The third-order valence-electron chi connectivity index (χ3n) is 6.34. The lowest BCUT2D eigenvalue weighted by Gasteiger charge is -2.48. The lowest BCUT2D eigenvalue weighted by molar-refractivity contribution is -0.309. The molecule has 1 aromatic heterocycles. The molecule has 2 heterocycles. The van der Waals surface area contributed by atoms with Crippen LogP contribution in [0.1, 0.15) is 31.4 Å². The maximum absolute atomic E-state index is 12.7. The second-order valence-corrected chi connectivity index (χ2v) is 9.06. The predicted molar refractivity (Wildman–Crippen MR) is 142 cm³/mol. The van der Waals surface area contributed by atoms with Crippen molar-refractivity contribution in [3.8, 4) is 23.8 Å². The molecule has 0 aliphatic carbocycles. The highest BCUT2D eigenvalue weighted by Crippen LogP contribution is 2.39. The molecule has 0 saturated carbocycles. The van der Waals surface area contributed by atoms with Gasteiger partial charge in [-0.15, -0.1) is 13.0 Å². The van der Waals surface area contributed by atoms with Crippen molar-refractivity contribution in [1.29, 1.82) is 0 Å². The first-order chi connectivity index (χ1) is 19.0. The first-order valence-corrected chi connectivity index (χ1v) is 12.1. The van der Waals surface area contributed by atoms with Gasteiger partial charge in [0.05, 0.1) is 11.1 Å². The number of ether oxygens (including phenoxy) is 4. The molecular formula is C27H32N2O11. The monoisotopic (exact) mass is 560 g/mol. The molecule has 216 valence electrons. The molecule has 1 aromatic carbocycles. The number of hydroxylamine groups is 1. The summed E-state index contributed by atoms with van der Waals surface area (Å²) < 4.78 is 28.6. The molecule has 3 rings (SSSR count). The predicted octanol–water partition coefficient (Wildman–Crippen LogP) is 2.28. The fraction of sp³-hybridized carbons (Fsp3) is 0.444. The van der Waals surface area contributed by atoms with Crippen molar-refractivity contribution >= 4 is 22.8 Å². The van der Waals surface area contributed by atoms with E-state index in [-0.39, 0.29) is 46.8 Å². The van der Waals surface area contributed by atoms with E-state index in [0.29, 0.717) is 5.56 Å². The number of carbonyl (C=O) groups excluding carboxylic acids is 1. The summed E-state index contributed by atoms with van der Waals surface area (Å²) in [6.45, 7) is 8.31. The highest BCUT2D eigenvalue weighted by molar-refractivity contribution is 6.04. The van der Waals surface area contributed by atoms with Gasteiger partial charge in [0, 0.05) is 12.7 Å². The highest BCUT2D eigenvalue weighted by Gasteiger charge is 2.55. The van der Waals surface area contributed by atoms with Gasteiger partial charge in [0.2, 0.25) is 6.29 Å². The second-order valence-electron chi connectivity index (χ2n) is 9.06. The van der Waals surface area contributed by atoms with Gasteiger partial charge in [0.15, 0.2) is 12.2 Å². The number of terminal acetylenes is 1. The third-order valence-corrected chi connectivity index (χ3v) is 6.34. The fourth-order valence-electron chi connectivity index (χ4n) is 4.55. The Morgan fingerprint density at radius 1 is 1.38 bits per heavy atom. The van der Waals surface area contributed by atoms with E-state index < -0.39 is 41.9 Å². The third kappa shape index (κ3) is 6.05. The van der Waals surface area contributed by atoms with Crippen LogP contribution in [0.25, 0.3) is 11.0 Å².